The summed E-state index contributed by atoms with van der Waals surface area (Å²) in [5.74, 6) is -1.48. The van der Waals surface area contributed by atoms with Crippen molar-refractivity contribution in [3.8, 4) is 0 Å². The SMILES string of the molecule is NC(=O)[C@H](CCC(=O)O)NCCc1cccc(Cl)c1. The number of carbonyl (C=O) groups is 2. The van der Waals surface area contributed by atoms with E-state index in [0.29, 0.717) is 18.0 Å². The summed E-state index contributed by atoms with van der Waals surface area (Å²) >= 11 is 5.86. The van der Waals surface area contributed by atoms with Gasteiger partial charge in [-0.3, -0.25) is 9.59 Å². The Morgan fingerprint density at radius 2 is 2.16 bits per heavy atom. The van der Waals surface area contributed by atoms with Crippen LogP contribution < -0.4 is 11.1 Å². The largest absolute Gasteiger partial charge is 0.481 e. The number of benzene rings is 1. The second-order valence-corrected chi connectivity index (χ2v) is 4.66. The van der Waals surface area contributed by atoms with E-state index < -0.39 is 17.9 Å². The zero-order chi connectivity index (χ0) is 14.3. The highest BCUT2D eigenvalue weighted by Gasteiger charge is 2.15. The molecule has 0 aliphatic rings. The molecule has 0 heterocycles. The first-order chi connectivity index (χ1) is 8.99. The van der Waals surface area contributed by atoms with Crippen molar-refractivity contribution in [1.82, 2.24) is 5.32 Å². The molecule has 0 saturated heterocycles. The van der Waals surface area contributed by atoms with E-state index in [1.807, 2.05) is 18.2 Å². The number of carboxylic acids is 1. The number of primary amides is 1. The van der Waals surface area contributed by atoms with Crippen LogP contribution in [-0.2, 0) is 16.0 Å². The van der Waals surface area contributed by atoms with Crippen molar-refractivity contribution in [2.45, 2.75) is 25.3 Å². The smallest absolute Gasteiger partial charge is 0.303 e. The molecule has 5 nitrogen and oxygen atoms in total. The number of halogens is 1. The predicted molar refractivity (Wildman–Crippen MR) is 73.0 cm³/mol. The molecule has 1 atom stereocenters. The van der Waals surface area contributed by atoms with Crippen LogP contribution in [0.2, 0.25) is 5.02 Å². The fourth-order valence-corrected chi connectivity index (χ4v) is 1.91. The van der Waals surface area contributed by atoms with Gasteiger partial charge in [0.2, 0.25) is 5.91 Å². The van der Waals surface area contributed by atoms with E-state index >= 15 is 0 Å². The normalized spacial score (nSPS) is 12.1. The molecular formula is C13H17ClN2O3. The minimum Gasteiger partial charge on any atom is -0.481 e. The quantitative estimate of drug-likeness (QED) is 0.668. The first-order valence-corrected chi connectivity index (χ1v) is 6.36. The fraction of sp³-hybridized carbons (Fsp3) is 0.385. The number of amides is 1. The molecule has 19 heavy (non-hydrogen) atoms. The molecular weight excluding hydrogens is 268 g/mol. The van der Waals surface area contributed by atoms with Crippen LogP contribution in [0.15, 0.2) is 24.3 Å². The molecule has 6 heteroatoms. The van der Waals surface area contributed by atoms with Crippen LogP contribution in [0.25, 0.3) is 0 Å². The molecule has 0 aromatic heterocycles. The number of nitrogens with two attached hydrogens (primary N) is 1. The van der Waals surface area contributed by atoms with Crippen molar-refractivity contribution in [2.75, 3.05) is 6.54 Å². The van der Waals surface area contributed by atoms with Gasteiger partial charge in [0, 0.05) is 11.4 Å². The standard InChI is InChI=1S/C13H17ClN2O3/c14-10-3-1-2-9(8-10)6-7-16-11(13(15)19)4-5-12(17)18/h1-3,8,11,16H,4-7H2,(H2,15,19)(H,17,18)/t11-/m0/s1. The lowest BCUT2D eigenvalue weighted by molar-refractivity contribution is -0.137. The monoisotopic (exact) mass is 284 g/mol. The Morgan fingerprint density at radius 3 is 2.74 bits per heavy atom. The lowest BCUT2D eigenvalue weighted by Gasteiger charge is -2.14. The van der Waals surface area contributed by atoms with Crippen LogP contribution in [0.5, 0.6) is 0 Å². The number of carboxylic acid groups (broad SMARTS) is 1. The number of aliphatic carboxylic acids is 1. The second-order valence-electron chi connectivity index (χ2n) is 4.22. The van der Waals surface area contributed by atoms with Gasteiger partial charge in [-0.05, 0) is 37.1 Å². The van der Waals surface area contributed by atoms with Crippen LogP contribution in [0.4, 0.5) is 0 Å². The van der Waals surface area contributed by atoms with Crippen LogP contribution in [-0.4, -0.2) is 29.6 Å². The molecule has 0 fully saturated rings. The molecule has 0 aliphatic heterocycles. The maximum Gasteiger partial charge on any atom is 0.303 e. The number of hydrogen-bond acceptors (Lipinski definition) is 3. The Morgan fingerprint density at radius 1 is 1.42 bits per heavy atom. The third kappa shape index (κ3) is 6.22. The average Bonchev–Trinajstić information content (AvgIpc) is 2.32. The Bertz CT molecular complexity index is 451. The summed E-state index contributed by atoms with van der Waals surface area (Å²) in [6.45, 7) is 0.535. The molecule has 1 rings (SSSR count). The maximum absolute atomic E-state index is 11.2. The highest BCUT2D eigenvalue weighted by Crippen LogP contribution is 2.10. The zero-order valence-corrected chi connectivity index (χ0v) is 11.2. The lowest BCUT2D eigenvalue weighted by Crippen LogP contribution is -2.42. The second kappa shape index (κ2) is 7.76. The fourth-order valence-electron chi connectivity index (χ4n) is 1.70. The van der Waals surface area contributed by atoms with Crippen molar-refractivity contribution >= 4 is 23.5 Å². The van der Waals surface area contributed by atoms with Crippen molar-refractivity contribution < 1.29 is 14.7 Å². The van der Waals surface area contributed by atoms with Gasteiger partial charge in [0.15, 0.2) is 0 Å². The van der Waals surface area contributed by atoms with Crippen LogP contribution in [0.1, 0.15) is 18.4 Å². The van der Waals surface area contributed by atoms with E-state index in [-0.39, 0.29) is 12.8 Å². The molecule has 1 amide bonds. The summed E-state index contributed by atoms with van der Waals surface area (Å²) in [5, 5.41) is 12.2. The molecule has 1 aromatic carbocycles. The summed E-state index contributed by atoms with van der Waals surface area (Å²) in [5.41, 5.74) is 6.25. The van der Waals surface area contributed by atoms with Gasteiger partial charge in [0.1, 0.15) is 0 Å². The molecule has 0 unspecified atom stereocenters. The Balaban J connectivity index is 2.39. The summed E-state index contributed by atoms with van der Waals surface area (Å²) in [4.78, 5) is 21.6. The first kappa shape index (κ1) is 15.5. The molecule has 0 aliphatic carbocycles. The maximum atomic E-state index is 11.2. The molecule has 104 valence electrons. The van der Waals surface area contributed by atoms with Crippen molar-refractivity contribution in [3.63, 3.8) is 0 Å². The number of carbonyl (C=O) groups excluding carboxylic acids is 1. The predicted octanol–water partition coefficient (Wildman–Crippen LogP) is 1.19. The molecule has 0 spiro atoms. The molecule has 0 radical (unpaired) electrons. The third-order valence-electron chi connectivity index (χ3n) is 2.68. The zero-order valence-electron chi connectivity index (χ0n) is 10.4. The van der Waals surface area contributed by atoms with Gasteiger partial charge < -0.3 is 16.2 Å². The molecule has 4 N–H and O–H groups in total. The Hall–Kier alpha value is -1.59. The number of hydrogen-bond donors (Lipinski definition) is 3. The van der Waals surface area contributed by atoms with Gasteiger partial charge in [-0.25, -0.2) is 0 Å². The van der Waals surface area contributed by atoms with Crippen molar-refractivity contribution in [3.05, 3.63) is 34.9 Å². The van der Waals surface area contributed by atoms with Gasteiger partial charge in [-0.1, -0.05) is 23.7 Å². The third-order valence-corrected chi connectivity index (χ3v) is 2.92. The van der Waals surface area contributed by atoms with Gasteiger partial charge >= 0.3 is 5.97 Å². The average molecular weight is 285 g/mol. The Labute approximate surface area is 116 Å². The summed E-state index contributed by atoms with van der Waals surface area (Å²) in [7, 11) is 0. The van der Waals surface area contributed by atoms with Crippen LogP contribution in [0, 0.1) is 0 Å². The van der Waals surface area contributed by atoms with Crippen molar-refractivity contribution in [2.24, 2.45) is 5.73 Å². The number of nitrogens with one attached hydrogen (secondary N) is 1. The van der Waals surface area contributed by atoms with Gasteiger partial charge in [0.05, 0.1) is 6.04 Å². The molecule has 0 saturated carbocycles. The Kier molecular flexibility index (Phi) is 6.32. The number of rotatable bonds is 8. The van der Waals surface area contributed by atoms with E-state index in [2.05, 4.69) is 5.32 Å². The highest BCUT2D eigenvalue weighted by molar-refractivity contribution is 6.30. The molecule has 0 bridgehead atoms. The van der Waals surface area contributed by atoms with E-state index in [9.17, 15) is 9.59 Å². The summed E-state index contributed by atoms with van der Waals surface area (Å²) in [6, 6.07) is 6.81. The van der Waals surface area contributed by atoms with E-state index in [1.165, 1.54) is 0 Å². The van der Waals surface area contributed by atoms with E-state index in [1.54, 1.807) is 6.07 Å². The molecule has 1 aromatic rings. The van der Waals surface area contributed by atoms with Crippen LogP contribution >= 0.6 is 11.6 Å². The van der Waals surface area contributed by atoms with Crippen LogP contribution in [0.3, 0.4) is 0 Å². The highest BCUT2D eigenvalue weighted by atomic mass is 35.5. The summed E-state index contributed by atoms with van der Waals surface area (Å²) < 4.78 is 0. The topological polar surface area (TPSA) is 92.4 Å². The van der Waals surface area contributed by atoms with Crippen molar-refractivity contribution in [1.29, 1.82) is 0 Å². The minimum absolute atomic E-state index is 0.0855. The van der Waals surface area contributed by atoms with Gasteiger partial charge in [-0.15, -0.1) is 0 Å². The van der Waals surface area contributed by atoms with E-state index in [4.69, 9.17) is 22.4 Å². The lowest BCUT2D eigenvalue weighted by atomic mass is 10.1. The van der Waals surface area contributed by atoms with E-state index in [0.717, 1.165) is 5.56 Å². The first-order valence-electron chi connectivity index (χ1n) is 5.98. The summed E-state index contributed by atoms with van der Waals surface area (Å²) in [6.07, 6.45) is 0.801. The van der Waals surface area contributed by atoms with Gasteiger partial charge in [0.25, 0.3) is 0 Å². The minimum atomic E-state index is -0.942. The van der Waals surface area contributed by atoms with Gasteiger partial charge in [-0.2, -0.15) is 0 Å².